The number of allylic oxidation sites excluding steroid dienone is 1. The first kappa shape index (κ1) is 37.3. The van der Waals surface area contributed by atoms with Crippen LogP contribution in [0.1, 0.15) is 99.5 Å². The van der Waals surface area contributed by atoms with E-state index in [2.05, 4.69) is 38.8 Å². The highest BCUT2D eigenvalue weighted by Crippen LogP contribution is 2.50. The number of carbonyl (C=O) groups excluding carboxylic acids is 1. The number of methoxy groups -OCH3 is 1. The molecule has 53 heavy (non-hydrogen) atoms. The van der Waals surface area contributed by atoms with Gasteiger partial charge in [-0.1, -0.05) is 56.0 Å². The predicted octanol–water partition coefficient (Wildman–Crippen LogP) is 7.78. The van der Waals surface area contributed by atoms with Crippen molar-refractivity contribution in [3.05, 3.63) is 70.3 Å². The number of nitrogens with zero attached hydrogens (tertiary/aromatic N) is 2. The third-order valence-electron chi connectivity index (χ3n) is 14.5. The van der Waals surface area contributed by atoms with Crippen LogP contribution in [0.4, 0.5) is 5.69 Å². The van der Waals surface area contributed by atoms with Gasteiger partial charge in [0.05, 0.1) is 17.5 Å². The van der Waals surface area contributed by atoms with Crippen LogP contribution < -0.4 is 14.4 Å². The van der Waals surface area contributed by atoms with E-state index in [9.17, 15) is 13.2 Å². The molecule has 3 aliphatic carbocycles. The number of ether oxygens (including phenoxy) is 2. The van der Waals surface area contributed by atoms with Crippen molar-refractivity contribution in [3.63, 3.8) is 0 Å². The molecule has 2 aromatic carbocycles. The molecule has 1 spiro atoms. The zero-order chi connectivity index (χ0) is 37.0. The maximum absolute atomic E-state index is 13.7. The van der Waals surface area contributed by atoms with E-state index < -0.39 is 26.8 Å². The number of likely N-dealkylation sites (tertiary alicyclic amines) is 1. The van der Waals surface area contributed by atoms with Gasteiger partial charge >= 0.3 is 0 Å². The maximum atomic E-state index is 13.7. The minimum Gasteiger partial charge on any atom is -0.490 e. The standard InChI is InChI=1S/C43H58ClN3O5S/c1-29-8-6-20-43(51-3,27-46-21-18-31-9-4-5-10-34(31)24-46)38-15-12-35(38)25-47-26-42(19-7-11-32-22-36(44)14-16-37(32)42)28-52-40-17-13-33(23-39(40)47)41(48)45-53(49,50)30(29)2/h6,13-14,16-17,20,22-23,29-31,34-35,38H,4-5,7-12,15,18-19,21,24-28H2,1-3H3,(H,45,48)/b20-6-/t29-,30+,31-,34-,35-,38+,42-,43-/m0/s1. The number of sulfonamides is 1. The Hall–Kier alpha value is -2.59. The van der Waals surface area contributed by atoms with Crippen molar-refractivity contribution in [3.8, 4) is 5.75 Å². The van der Waals surface area contributed by atoms with E-state index in [1.54, 1.807) is 13.0 Å². The number of amides is 1. The summed E-state index contributed by atoms with van der Waals surface area (Å²) >= 11 is 6.52. The van der Waals surface area contributed by atoms with E-state index in [-0.39, 0.29) is 11.3 Å². The Morgan fingerprint density at radius 1 is 0.981 bits per heavy atom. The minimum atomic E-state index is -3.94. The van der Waals surface area contributed by atoms with Crippen LogP contribution in [-0.2, 0) is 26.6 Å². The van der Waals surface area contributed by atoms with Crippen molar-refractivity contribution in [2.75, 3.05) is 51.3 Å². The highest BCUT2D eigenvalue weighted by atomic mass is 35.5. The summed E-state index contributed by atoms with van der Waals surface area (Å²) < 4.78 is 43.2. The number of aryl methyl sites for hydroxylation is 1. The quantitative estimate of drug-likeness (QED) is 0.320. The lowest BCUT2D eigenvalue weighted by Crippen LogP contribution is -2.58. The molecule has 288 valence electrons. The minimum absolute atomic E-state index is 0.199. The van der Waals surface area contributed by atoms with Crippen LogP contribution in [0.5, 0.6) is 5.75 Å². The van der Waals surface area contributed by atoms with Crippen molar-refractivity contribution >= 4 is 33.2 Å². The molecule has 1 amide bonds. The third kappa shape index (κ3) is 7.18. The highest BCUT2D eigenvalue weighted by molar-refractivity contribution is 7.90. The Morgan fingerprint density at radius 3 is 2.60 bits per heavy atom. The van der Waals surface area contributed by atoms with Crippen LogP contribution >= 0.6 is 11.6 Å². The molecule has 0 unspecified atom stereocenters. The molecule has 3 fully saturated rings. The zero-order valence-electron chi connectivity index (χ0n) is 31.8. The number of hydrogen-bond acceptors (Lipinski definition) is 7. The molecule has 2 bridgehead atoms. The molecule has 2 aromatic rings. The van der Waals surface area contributed by atoms with Gasteiger partial charge in [-0.05, 0) is 136 Å². The number of benzene rings is 2. The van der Waals surface area contributed by atoms with Crippen LogP contribution in [0.25, 0.3) is 0 Å². The van der Waals surface area contributed by atoms with Gasteiger partial charge < -0.3 is 14.4 Å². The first-order valence-corrected chi connectivity index (χ1v) is 22.2. The summed E-state index contributed by atoms with van der Waals surface area (Å²) in [5.74, 6) is 2.22. The second kappa shape index (κ2) is 14.8. The average molecular weight is 764 g/mol. The molecule has 8 rings (SSSR count). The molecule has 10 heteroatoms. The van der Waals surface area contributed by atoms with Crippen molar-refractivity contribution < 1.29 is 22.7 Å². The fourth-order valence-corrected chi connectivity index (χ4v) is 12.5. The van der Waals surface area contributed by atoms with E-state index in [0.29, 0.717) is 30.4 Å². The summed E-state index contributed by atoms with van der Waals surface area (Å²) in [6.45, 7) is 8.82. The molecular formula is C43H58ClN3O5S. The van der Waals surface area contributed by atoms with Gasteiger partial charge in [-0.15, -0.1) is 0 Å². The van der Waals surface area contributed by atoms with Gasteiger partial charge in [0, 0.05) is 49.3 Å². The molecule has 8 nitrogen and oxygen atoms in total. The van der Waals surface area contributed by atoms with Crippen molar-refractivity contribution in [1.29, 1.82) is 0 Å². The first-order chi connectivity index (χ1) is 25.5. The number of rotatable bonds is 3. The number of hydrogen-bond donors (Lipinski definition) is 1. The van der Waals surface area contributed by atoms with Crippen molar-refractivity contribution in [2.24, 2.45) is 29.6 Å². The van der Waals surface area contributed by atoms with Gasteiger partial charge in [0.2, 0.25) is 10.0 Å². The van der Waals surface area contributed by atoms with Crippen LogP contribution in [0.2, 0.25) is 5.02 Å². The van der Waals surface area contributed by atoms with E-state index in [1.807, 2.05) is 32.2 Å². The van der Waals surface area contributed by atoms with Crippen molar-refractivity contribution in [1.82, 2.24) is 9.62 Å². The van der Waals surface area contributed by atoms with E-state index >= 15 is 0 Å². The number of halogens is 1. The highest BCUT2D eigenvalue weighted by Gasteiger charge is 2.50. The molecule has 1 N–H and O–H groups in total. The van der Waals surface area contributed by atoms with E-state index in [4.69, 9.17) is 21.1 Å². The monoisotopic (exact) mass is 763 g/mol. The smallest absolute Gasteiger partial charge is 0.264 e. The Balaban J connectivity index is 1.19. The lowest BCUT2D eigenvalue weighted by atomic mass is 9.63. The Kier molecular flexibility index (Phi) is 10.4. The Morgan fingerprint density at radius 2 is 1.81 bits per heavy atom. The maximum Gasteiger partial charge on any atom is 0.264 e. The van der Waals surface area contributed by atoms with E-state index in [1.165, 1.54) is 43.2 Å². The summed E-state index contributed by atoms with van der Waals surface area (Å²) in [5.41, 5.74) is 3.01. The molecular weight excluding hydrogens is 706 g/mol. The Labute approximate surface area is 322 Å². The molecule has 3 aliphatic heterocycles. The summed E-state index contributed by atoms with van der Waals surface area (Å²) in [5, 5.41) is -0.00457. The molecule has 6 aliphatic rings. The molecule has 3 heterocycles. The van der Waals surface area contributed by atoms with Gasteiger partial charge in [-0.2, -0.15) is 0 Å². The fraction of sp³-hybridized carbons (Fsp3) is 0.651. The normalized spacial score (nSPS) is 36.5. The number of carbonyl (C=O) groups is 1. The summed E-state index contributed by atoms with van der Waals surface area (Å²) in [6, 6.07) is 11.7. The van der Waals surface area contributed by atoms with Gasteiger partial charge in [-0.3, -0.25) is 9.69 Å². The van der Waals surface area contributed by atoms with Crippen LogP contribution in [0, 0.1) is 29.6 Å². The fourth-order valence-electron chi connectivity index (χ4n) is 11.0. The van der Waals surface area contributed by atoms with Crippen molar-refractivity contribution in [2.45, 2.75) is 101 Å². The van der Waals surface area contributed by atoms with Gasteiger partial charge in [-0.25, -0.2) is 13.1 Å². The number of piperidine rings is 1. The van der Waals surface area contributed by atoms with Crippen LogP contribution in [0.3, 0.4) is 0 Å². The zero-order valence-corrected chi connectivity index (χ0v) is 33.4. The number of nitrogens with one attached hydrogen (secondary N) is 1. The SMILES string of the molecule is CO[C@]1(CN2CC[C@@H]3CCCC[C@H]3C2)/C=C\C[C@H](C)[C@@H](C)S(=O)(=O)NC(=O)c2ccc3c(c2)N(C[C@@H]2CC[C@H]21)C[C@@]1(CCCc2cc(Cl)ccc21)CO3. The molecule has 8 atom stereocenters. The Bertz CT molecular complexity index is 1840. The summed E-state index contributed by atoms with van der Waals surface area (Å²) in [4.78, 5) is 18.8. The third-order valence-corrected chi connectivity index (χ3v) is 16.6. The van der Waals surface area contributed by atoms with Gasteiger partial charge in [0.15, 0.2) is 0 Å². The second-order valence-corrected chi connectivity index (χ2v) is 20.0. The van der Waals surface area contributed by atoms with Gasteiger partial charge in [0.1, 0.15) is 11.4 Å². The number of fused-ring (bicyclic) bond motifs is 5. The van der Waals surface area contributed by atoms with Gasteiger partial charge in [0.25, 0.3) is 5.91 Å². The molecule has 1 saturated heterocycles. The van der Waals surface area contributed by atoms with Crippen LogP contribution in [0.15, 0.2) is 48.6 Å². The lowest BCUT2D eigenvalue weighted by Gasteiger charge is -2.53. The summed E-state index contributed by atoms with van der Waals surface area (Å²) in [6.07, 6.45) is 17.0. The summed E-state index contributed by atoms with van der Waals surface area (Å²) in [7, 11) is -2.06. The first-order valence-electron chi connectivity index (χ1n) is 20.3. The molecule has 0 radical (unpaired) electrons. The largest absolute Gasteiger partial charge is 0.490 e. The van der Waals surface area contributed by atoms with E-state index in [0.717, 1.165) is 93.1 Å². The topological polar surface area (TPSA) is 88.2 Å². The molecule has 2 saturated carbocycles. The molecule has 0 aromatic heterocycles. The second-order valence-electron chi connectivity index (χ2n) is 17.5. The lowest BCUT2D eigenvalue weighted by molar-refractivity contribution is -0.0987. The van der Waals surface area contributed by atoms with Crippen LogP contribution in [-0.4, -0.2) is 76.5 Å². The number of anilines is 1. The average Bonchev–Trinajstić information content (AvgIpc) is 3.28. The predicted molar refractivity (Wildman–Crippen MR) is 211 cm³/mol.